The fourth-order valence-corrected chi connectivity index (χ4v) is 68.5. The maximum atomic E-state index is 2.90. The third kappa shape index (κ3) is 7.35. The molecule has 0 atom stereocenters. The van der Waals surface area contributed by atoms with Gasteiger partial charge in [-0.2, -0.15) is 0 Å². The van der Waals surface area contributed by atoms with Gasteiger partial charge in [0.15, 0.2) is 0 Å². The molecule has 8 heteroatoms. The predicted molar refractivity (Wildman–Crippen MR) is 204 cm³/mol. The summed E-state index contributed by atoms with van der Waals surface area (Å²) in [6.45, 7) is 56.6. The molecule has 0 heterocycles. The Morgan fingerprint density at radius 1 is 0.447 bits per heavy atom. The van der Waals surface area contributed by atoms with Crippen molar-refractivity contribution in [3.8, 4) is 0 Å². The van der Waals surface area contributed by atoms with E-state index in [1.807, 2.05) is 16.7 Å². The van der Waals surface area contributed by atoms with Gasteiger partial charge in [-0.15, -0.1) is 0 Å². The second-order valence-electron chi connectivity index (χ2n) is 19.8. The maximum absolute atomic E-state index is 2.90. The number of benzene rings is 1. The van der Waals surface area contributed by atoms with Crippen molar-refractivity contribution >= 4 is 82.4 Å². The van der Waals surface area contributed by atoms with Crippen LogP contribution in [-0.4, -0.2) is 78.8 Å². The molecule has 0 saturated carbocycles. The van der Waals surface area contributed by atoms with Crippen molar-refractivity contribution in [1.82, 2.24) is 0 Å². The molecule has 0 amide bonds. The summed E-state index contributed by atoms with van der Waals surface area (Å²) in [5.74, 6) is 0. The van der Waals surface area contributed by atoms with Gasteiger partial charge in [0.1, 0.15) is 0 Å². The summed E-state index contributed by atoms with van der Waals surface area (Å²) in [5, 5.41) is 1.61. The first-order chi connectivity index (χ1) is 16.2. The molecule has 1 rings (SSSR count). The Hall–Kier alpha value is 1.53. The third-order valence-electron chi connectivity index (χ3n) is 9.06. The van der Waals surface area contributed by atoms with Crippen molar-refractivity contribution in [1.29, 1.82) is 0 Å². The summed E-state index contributed by atoms with van der Waals surface area (Å²) in [6.07, 6.45) is 0. The monoisotopic (exact) mass is 754 g/mol. The molecule has 0 aliphatic carbocycles. The van der Waals surface area contributed by atoms with E-state index in [1.165, 1.54) is 0 Å². The first-order valence-corrected chi connectivity index (χ1v) is 41.2. The summed E-state index contributed by atoms with van der Waals surface area (Å²) < 4.78 is 2.19. The van der Waals surface area contributed by atoms with Crippen LogP contribution in [0.1, 0.15) is 27.0 Å². The zero-order valence-corrected chi connectivity index (χ0v) is 39.3. The van der Waals surface area contributed by atoms with Crippen molar-refractivity contribution in [2.45, 2.75) is 152 Å². The van der Waals surface area contributed by atoms with Gasteiger partial charge in [0.25, 0.3) is 0 Å². The molecule has 0 aromatic heterocycles. The van der Waals surface area contributed by atoms with Gasteiger partial charge in [-0.1, -0.05) is 0 Å². The summed E-state index contributed by atoms with van der Waals surface area (Å²) in [6, 6.07) is 5.80. The Balaban J connectivity index is 4.70. The zero-order chi connectivity index (χ0) is 30.9. The molecule has 0 saturated heterocycles. The molecule has 1 aromatic rings. The Kier molecular flexibility index (Phi) is 11.1. The Bertz CT molecular complexity index is 866. The van der Waals surface area contributed by atoms with E-state index in [9.17, 15) is 0 Å². The first kappa shape index (κ1) is 37.6. The van der Waals surface area contributed by atoms with Crippen LogP contribution in [0.4, 0.5) is 0 Å². The average molecular weight is 753 g/mol. The van der Waals surface area contributed by atoms with E-state index < -0.39 is 56.5 Å². The minimum absolute atomic E-state index is 0.433. The molecular formula is C30H68Si7Te. The Morgan fingerprint density at radius 2 is 0.658 bits per heavy atom. The minimum atomic E-state index is -1.59. The van der Waals surface area contributed by atoms with E-state index in [-0.39, 0.29) is 0 Å². The average Bonchev–Trinajstić information content (AvgIpc) is 2.49. The van der Waals surface area contributed by atoms with Gasteiger partial charge in [-0.3, -0.25) is 0 Å². The van der Waals surface area contributed by atoms with Crippen LogP contribution in [0, 0.1) is 0 Å². The molecule has 1 aromatic carbocycles. The van der Waals surface area contributed by atoms with Crippen molar-refractivity contribution < 1.29 is 0 Å². The first-order valence-electron chi connectivity index (χ1n) is 15.1. The zero-order valence-electron chi connectivity index (χ0n) is 29.8. The predicted octanol–water partition coefficient (Wildman–Crippen LogP) is 9.76. The number of hydrogen-bond acceptors (Lipinski definition) is 0. The van der Waals surface area contributed by atoms with Crippen LogP contribution in [0.5, 0.6) is 0 Å². The molecule has 0 spiro atoms. The third-order valence-corrected chi connectivity index (χ3v) is 50.2. The number of hydrogen-bond donors (Lipinski definition) is 0. The molecule has 0 bridgehead atoms. The molecule has 0 aliphatic rings. The van der Waals surface area contributed by atoms with Gasteiger partial charge >= 0.3 is 263 Å². The van der Waals surface area contributed by atoms with Crippen molar-refractivity contribution in [2.75, 3.05) is 0 Å². The molecular weight excluding hydrogens is 685 g/mol. The summed E-state index contributed by atoms with van der Waals surface area (Å²) in [4.78, 5) is 0. The van der Waals surface area contributed by atoms with Crippen LogP contribution in [0.3, 0.4) is 0 Å². The Morgan fingerprint density at radius 3 is 0.816 bits per heavy atom. The summed E-state index contributed by atoms with van der Waals surface area (Å²) in [7, 11) is -10.5. The topological polar surface area (TPSA) is 0 Å². The van der Waals surface area contributed by atoms with Crippen molar-refractivity contribution in [2.24, 2.45) is 0 Å². The van der Waals surface area contributed by atoms with Crippen LogP contribution in [0.2, 0.25) is 137 Å². The van der Waals surface area contributed by atoms with Gasteiger partial charge in [-0.05, 0) is 0 Å². The Labute approximate surface area is 261 Å². The van der Waals surface area contributed by atoms with Gasteiger partial charge in [0.2, 0.25) is 0 Å². The van der Waals surface area contributed by atoms with Crippen LogP contribution < -0.4 is 3.61 Å². The molecule has 0 N–H and O–H groups in total. The van der Waals surface area contributed by atoms with Gasteiger partial charge in [-0.25, -0.2) is 0 Å². The number of rotatable bonds is 10. The van der Waals surface area contributed by atoms with Gasteiger partial charge < -0.3 is 0 Å². The van der Waals surface area contributed by atoms with E-state index >= 15 is 0 Å². The van der Waals surface area contributed by atoms with Crippen LogP contribution in [0.15, 0.2) is 12.1 Å². The fraction of sp³-hybridized carbons (Fsp3) is 0.800. The van der Waals surface area contributed by atoms with Gasteiger partial charge in [0.05, 0.1) is 0 Å². The normalized spacial score (nSPS) is 15.6. The molecule has 0 radical (unpaired) electrons. The van der Waals surface area contributed by atoms with E-state index in [2.05, 4.69) is 172 Å². The second kappa shape index (κ2) is 11.2. The second-order valence-corrected chi connectivity index (χ2v) is 60.8. The van der Waals surface area contributed by atoms with Crippen LogP contribution >= 0.6 is 0 Å². The van der Waals surface area contributed by atoms with Crippen molar-refractivity contribution in [3.05, 3.63) is 28.8 Å². The van der Waals surface area contributed by atoms with E-state index in [0.29, 0.717) is 4.28 Å². The summed E-state index contributed by atoms with van der Waals surface area (Å²) >= 11 is 2.07. The molecule has 0 aliphatic heterocycles. The van der Waals surface area contributed by atoms with Crippen molar-refractivity contribution in [3.63, 3.8) is 0 Å². The van der Waals surface area contributed by atoms with E-state index in [0.717, 1.165) is 10.3 Å². The molecule has 0 nitrogen and oxygen atoms in total. The van der Waals surface area contributed by atoms with Crippen LogP contribution in [-0.2, 0) is 4.28 Å². The van der Waals surface area contributed by atoms with Gasteiger partial charge in [0, 0.05) is 0 Å². The fourth-order valence-electron chi connectivity index (χ4n) is 10.5. The standard InChI is InChI=1S/C30H68Si7Te/c1-31(2,3)28(32(4,5)6)25-22-24(30(35(13,14)15,36(16,17)18)37(19,20)21)23-26(27(25)38)29(33(7,8)9)34(10,11)12/h22-23,28-29,38H,1-21H3. The van der Waals surface area contributed by atoms with Crippen LogP contribution in [0.25, 0.3) is 0 Å². The summed E-state index contributed by atoms with van der Waals surface area (Å²) in [5.41, 5.74) is 5.47. The molecule has 0 unspecified atom stereocenters. The SMILES string of the molecule is C[Si](C)(C)C(c1cc(C([Si](C)(C)C)([Si](C)(C)C)[Si](C)(C)C)cc(C([Si](C)(C)C)[Si](C)(C)C)c1[TeH])[Si](C)(C)C. The van der Waals surface area contributed by atoms with E-state index in [4.69, 9.17) is 0 Å². The molecule has 222 valence electrons. The van der Waals surface area contributed by atoms with E-state index in [1.54, 1.807) is 3.61 Å². The molecule has 0 fully saturated rings. The molecule has 38 heavy (non-hydrogen) atoms. The quantitative estimate of drug-likeness (QED) is 0.209.